The van der Waals surface area contributed by atoms with Crippen LogP contribution in [-0.4, -0.2) is 158 Å². The van der Waals surface area contributed by atoms with Crippen LogP contribution < -0.4 is 48.7 Å². The number of phenols is 1. The molecule has 406 valence electrons. The Balaban J connectivity index is 0.00000439. The molecule has 1 aromatic carbocycles. The zero-order valence-electron chi connectivity index (χ0n) is 43.0. The summed E-state index contributed by atoms with van der Waals surface area (Å²) in [5.41, 5.74) is 11.9. The standard InChI is InChI=1S/C46H73N13O10.C2H4O2/c1-8-26(5)37(43(66)55-33(21-29-22-50-24-52-29)44(67)59-19-11-13-34(59)41(64)58-38(45(68)69)27(6)9-2)57-40(63)32(20-28-14-16-30(60)17-15-28)54-42(65)36(25(3)4)56-39(62)31(53-35(61)23-49-7)12-10-18-51-46(47)48;1-2(3)4/h14-17,22,24-27,31-34,36-38,49,60H,8-13,18-21,23H2,1-7H3,(H,50,52)(H,53,61)(H,54,65)(H,55,66)(H,56,62)(H,57,63)(H,58,64)(H,68,69)(H4,47,48,51);1H3,(H,3,4). The number of likely N-dealkylation sites (N-methyl/N-ethyl adjacent to an activating group) is 1. The number of hydrogen-bond acceptors (Lipinski definition) is 13. The maximum absolute atomic E-state index is 14.5. The minimum atomic E-state index is -1.35. The van der Waals surface area contributed by atoms with Gasteiger partial charge >= 0.3 is 5.97 Å². The van der Waals surface area contributed by atoms with E-state index in [1.165, 1.54) is 29.6 Å². The maximum atomic E-state index is 14.5. The smallest absolute Gasteiger partial charge is 0.326 e. The van der Waals surface area contributed by atoms with Crippen molar-refractivity contribution in [3.05, 3.63) is 48.0 Å². The van der Waals surface area contributed by atoms with E-state index in [9.17, 15) is 48.6 Å². The maximum Gasteiger partial charge on any atom is 0.326 e. The zero-order chi connectivity index (χ0) is 54.9. The van der Waals surface area contributed by atoms with Gasteiger partial charge < -0.3 is 73.9 Å². The molecule has 0 aliphatic carbocycles. The lowest BCUT2D eigenvalue weighted by Gasteiger charge is -2.32. The number of phenolic OH excluding ortho intramolecular Hbond substituents is 1. The molecule has 9 atom stereocenters. The number of rotatable bonds is 28. The van der Waals surface area contributed by atoms with Crippen molar-refractivity contribution < 1.29 is 58.5 Å². The number of nitrogens with two attached hydrogens (primary N) is 2. The average molecular weight is 1030 g/mol. The third-order valence-electron chi connectivity index (χ3n) is 12.2. The Kier molecular flexibility index (Phi) is 26.4. The van der Waals surface area contributed by atoms with Gasteiger partial charge in [0.05, 0.1) is 12.9 Å². The molecule has 25 nitrogen and oxygen atoms in total. The summed E-state index contributed by atoms with van der Waals surface area (Å²) in [6, 6.07) is -2.38. The number of aromatic hydroxyl groups is 1. The highest BCUT2D eigenvalue weighted by atomic mass is 16.4. The van der Waals surface area contributed by atoms with Gasteiger partial charge in [0.1, 0.15) is 48.0 Å². The fourth-order valence-electron chi connectivity index (χ4n) is 7.77. The van der Waals surface area contributed by atoms with E-state index in [2.05, 4.69) is 52.2 Å². The molecule has 25 heteroatoms. The molecule has 7 amide bonds. The zero-order valence-corrected chi connectivity index (χ0v) is 43.0. The molecule has 15 N–H and O–H groups in total. The first-order valence-corrected chi connectivity index (χ1v) is 24.4. The summed E-state index contributed by atoms with van der Waals surface area (Å²) in [5, 5.41) is 46.3. The van der Waals surface area contributed by atoms with Gasteiger partial charge in [-0.2, -0.15) is 0 Å². The van der Waals surface area contributed by atoms with E-state index in [1.807, 2.05) is 13.8 Å². The van der Waals surface area contributed by atoms with Crippen LogP contribution in [0.15, 0.2) is 41.8 Å². The molecule has 0 spiro atoms. The second-order valence-corrected chi connectivity index (χ2v) is 18.4. The molecular weight excluding hydrogens is 951 g/mol. The lowest BCUT2D eigenvalue weighted by atomic mass is 9.96. The van der Waals surface area contributed by atoms with Crippen molar-refractivity contribution in [2.45, 2.75) is 142 Å². The number of hydrogen-bond donors (Lipinski definition) is 13. The van der Waals surface area contributed by atoms with Gasteiger partial charge in [0.15, 0.2) is 5.96 Å². The van der Waals surface area contributed by atoms with E-state index < -0.39 is 107 Å². The molecular formula is C48H77N13O12. The second-order valence-electron chi connectivity index (χ2n) is 18.4. The van der Waals surface area contributed by atoms with Crippen molar-refractivity contribution in [3.63, 3.8) is 0 Å². The Hall–Kier alpha value is -7.31. The fraction of sp³-hybridized carbons (Fsp3) is 0.604. The van der Waals surface area contributed by atoms with Gasteiger partial charge in [0.2, 0.25) is 41.4 Å². The molecule has 2 aromatic rings. The number of carboxylic acid groups (broad SMARTS) is 2. The molecule has 2 heterocycles. The van der Waals surface area contributed by atoms with E-state index in [-0.39, 0.29) is 62.9 Å². The Morgan fingerprint density at radius 2 is 1.36 bits per heavy atom. The molecule has 1 aromatic heterocycles. The van der Waals surface area contributed by atoms with Crippen molar-refractivity contribution in [1.82, 2.24) is 52.1 Å². The number of carboxylic acids is 2. The van der Waals surface area contributed by atoms with Crippen molar-refractivity contribution in [2.24, 2.45) is 34.2 Å². The summed E-state index contributed by atoms with van der Waals surface area (Å²) in [5.74, 6) is -8.24. The molecule has 9 unspecified atom stereocenters. The van der Waals surface area contributed by atoms with Gasteiger partial charge in [-0.3, -0.25) is 43.3 Å². The summed E-state index contributed by atoms with van der Waals surface area (Å²) < 4.78 is 0. The topological polar surface area (TPSA) is 395 Å². The van der Waals surface area contributed by atoms with Gasteiger partial charge in [0.25, 0.3) is 5.97 Å². The molecule has 73 heavy (non-hydrogen) atoms. The molecule has 0 radical (unpaired) electrons. The highest BCUT2D eigenvalue weighted by Crippen LogP contribution is 2.22. The van der Waals surface area contributed by atoms with Gasteiger partial charge in [-0.1, -0.05) is 66.5 Å². The number of nitrogens with one attached hydrogen (secondary N) is 8. The summed E-state index contributed by atoms with van der Waals surface area (Å²) in [6.45, 7) is 11.8. The molecule has 1 saturated heterocycles. The third-order valence-corrected chi connectivity index (χ3v) is 12.2. The largest absolute Gasteiger partial charge is 0.508 e. The number of imidazole rings is 1. The van der Waals surface area contributed by atoms with Crippen LogP contribution in [0.5, 0.6) is 5.75 Å². The number of aliphatic imine (C=N–C) groups is 1. The minimum absolute atomic E-state index is 0.0369. The number of nitrogens with zero attached hydrogens (tertiary/aromatic N) is 3. The van der Waals surface area contributed by atoms with Crippen LogP contribution >= 0.6 is 0 Å². The molecule has 1 fully saturated rings. The number of aromatic amines is 1. The van der Waals surface area contributed by atoms with Crippen LogP contribution in [0.2, 0.25) is 0 Å². The number of amides is 7. The number of H-pyrrole nitrogens is 1. The van der Waals surface area contributed by atoms with E-state index in [0.717, 1.165) is 6.92 Å². The predicted octanol–water partition coefficient (Wildman–Crippen LogP) is -1.00. The van der Waals surface area contributed by atoms with Gasteiger partial charge in [-0.25, -0.2) is 9.78 Å². The SMILES string of the molecule is CC(=O)O.CCC(C)C(NC(=O)C1CCCN1C(=O)C(Cc1cnc[nH]1)NC(=O)C(NC(=O)C(Cc1ccc(O)cc1)NC(=O)C(NC(=O)C(CCCN=C(N)N)NC(=O)CNC)C(C)C)C(C)CC)C(=O)O. The molecule has 1 aliphatic rings. The molecule has 0 saturated carbocycles. The number of aliphatic carboxylic acids is 2. The summed E-state index contributed by atoms with van der Waals surface area (Å²) in [7, 11) is 1.57. The minimum Gasteiger partial charge on any atom is -0.508 e. The Labute approximate surface area is 425 Å². The summed E-state index contributed by atoms with van der Waals surface area (Å²) in [4.78, 5) is 131. The Morgan fingerprint density at radius 3 is 1.90 bits per heavy atom. The summed E-state index contributed by atoms with van der Waals surface area (Å²) >= 11 is 0. The predicted molar refractivity (Wildman–Crippen MR) is 269 cm³/mol. The lowest BCUT2D eigenvalue weighted by molar-refractivity contribution is -0.146. The van der Waals surface area contributed by atoms with Crippen LogP contribution in [0.3, 0.4) is 0 Å². The number of likely N-dealkylation sites (tertiary alicyclic amines) is 1. The quantitative estimate of drug-likeness (QED) is 0.0276. The first-order valence-electron chi connectivity index (χ1n) is 24.4. The molecule has 1 aliphatic heterocycles. The number of carbonyl (C=O) groups excluding carboxylic acids is 7. The highest BCUT2D eigenvalue weighted by molar-refractivity contribution is 5.98. The first kappa shape index (κ1) is 61.8. The molecule has 0 bridgehead atoms. The number of guanidine groups is 1. The van der Waals surface area contributed by atoms with E-state index in [0.29, 0.717) is 36.9 Å². The van der Waals surface area contributed by atoms with Gasteiger partial charge in [0, 0.05) is 44.7 Å². The molecule has 3 rings (SSSR count). The number of aromatic nitrogens is 2. The van der Waals surface area contributed by atoms with Gasteiger partial charge in [-0.15, -0.1) is 0 Å². The van der Waals surface area contributed by atoms with Gasteiger partial charge in [-0.05, 0) is 68.2 Å². The number of carbonyl (C=O) groups is 9. The van der Waals surface area contributed by atoms with Crippen LogP contribution in [-0.2, 0) is 56.0 Å². The van der Waals surface area contributed by atoms with Crippen molar-refractivity contribution in [1.29, 1.82) is 0 Å². The Morgan fingerprint density at radius 1 is 0.781 bits per heavy atom. The van der Waals surface area contributed by atoms with E-state index in [4.69, 9.17) is 21.4 Å². The number of benzene rings is 1. The van der Waals surface area contributed by atoms with Crippen molar-refractivity contribution in [2.75, 3.05) is 26.7 Å². The lowest BCUT2D eigenvalue weighted by Crippen LogP contribution is -2.62. The monoisotopic (exact) mass is 1030 g/mol. The van der Waals surface area contributed by atoms with Crippen LogP contribution in [0.1, 0.15) is 98.2 Å². The van der Waals surface area contributed by atoms with E-state index in [1.54, 1.807) is 46.9 Å². The average Bonchev–Trinajstić information content (AvgIpc) is 4.05. The normalized spacial score (nSPS) is 16.3. The highest BCUT2D eigenvalue weighted by Gasteiger charge is 2.41. The third kappa shape index (κ3) is 21.1. The fourth-order valence-corrected chi connectivity index (χ4v) is 7.77. The summed E-state index contributed by atoms with van der Waals surface area (Å²) in [6.07, 6.45) is 4.75. The van der Waals surface area contributed by atoms with E-state index >= 15 is 0 Å². The first-order chi connectivity index (χ1) is 34.4. The second kappa shape index (κ2) is 31.2. The van der Waals surface area contributed by atoms with Crippen molar-refractivity contribution in [3.8, 4) is 5.75 Å². The van der Waals surface area contributed by atoms with Crippen LogP contribution in [0.4, 0.5) is 0 Å². The van der Waals surface area contributed by atoms with Crippen molar-refractivity contribution >= 4 is 59.2 Å². The van der Waals surface area contributed by atoms with Crippen LogP contribution in [0.25, 0.3) is 0 Å². The van der Waals surface area contributed by atoms with Crippen LogP contribution in [0, 0.1) is 17.8 Å². The Bertz CT molecular complexity index is 2170.